The molecule has 1 fully saturated rings. The van der Waals surface area contributed by atoms with E-state index in [-0.39, 0.29) is 29.0 Å². The van der Waals surface area contributed by atoms with Gasteiger partial charge in [0.05, 0.1) is 9.82 Å². The number of hydrogen-bond acceptors (Lipinski definition) is 5. The molecular formula is C12H18ClN3O4S. The number of nitro benzene ring substituents is 1. The molecule has 0 radical (unpaired) electrons. The third-order valence-electron chi connectivity index (χ3n) is 3.29. The van der Waals surface area contributed by atoms with Crippen molar-refractivity contribution in [3.8, 4) is 0 Å². The van der Waals surface area contributed by atoms with Gasteiger partial charge in [0, 0.05) is 24.7 Å². The summed E-state index contributed by atoms with van der Waals surface area (Å²) in [5.41, 5.74) is 0.268. The first-order chi connectivity index (χ1) is 9.40. The highest BCUT2D eigenvalue weighted by Gasteiger charge is 2.24. The Kier molecular flexibility index (Phi) is 6.09. The molecule has 118 valence electrons. The Morgan fingerprint density at radius 3 is 2.71 bits per heavy atom. The maximum Gasteiger partial charge on any atom is 0.270 e. The van der Waals surface area contributed by atoms with Crippen molar-refractivity contribution in [2.45, 2.75) is 30.7 Å². The van der Waals surface area contributed by atoms with E-state index < -0.39 is 14.9 Å². The van der Waals surface area contributed by atoms with Gasteiger partial charge in [0.1, 0.15) is 0 Å². The summed E-state index contributed by atoms with van der Waals surface area (Å²) in [6.07, 6.45) is 1.67. The summed E-state index contributed by atoms with van der Waals surface area (Å²) >= 11 is 0. The molecule has 1 heterocycles. The van der Waals surface area contributed by atoms with Crippen LogP contribution in [-0.4, -0.2) is 32.5 Å². The smallest absolute Gasteiger partial charge is 0.270 e. The van der Waals surface area contributed by atoms with Gasteiger partial charge in [-0.1, -0.05) is 6.07 Å². The molecule has 0 saturated carbocycles. The van der Waals surface area contributed by atoms with Crippen LogP contribution in [0.5, 0.6) is 0 Å². The first-order valence-corrected chi connectivity index (χ1v) is 7.86. The third-order valence-corrected chi connectivity index (χ3v) is 4.95. The van der Waals surface area contributed by atoms with Gasteiger partial charge in [-0.2, -0.15) is 0 Å². The summed E-state index contributed by atoms with van der Waals surface area (Å²) in [7, 11) is -3.74. The average molecular weight is 336 g/mol. The number of sulfonamides is 1. The molecule has 1 aliphatic rings. The molecule has 0 spiro atoms. The highest BCUT2D eigenvalue weighted by molar-refractivity contribution is 7.89. The fraction of sp³-hybridized carbons (Fsp3) is 0.500. The molecule has 7 nitrogen and oxygen atoms in total. The van der Waals surface area contributed by atoms with Crippen LogP contribution in [0.4, 0.5) is 5.69 Å². The Labute approximate surface area is 129 Å². The van der Waals surface area contributed by atoms with E-state index in [1.54, 1.807) is 6.92 Å². The first-order valence-electron chi connectivity index (χ1n) is 6.38. The average Bonchev–Trinajstić information content (AvgIpc) is 2.39. The van der Waals surface area contributed by atoms with Crippen LogP contribution in [-0.2, 0) is 10.0 Å². The predicted molar refractivity (Wildman–Crippen MR) is 81.3 cm³/mol. The van der Waals surface area contributed by atoms with E-state index in [4.69, 9.17) is 0 Å². The zero-order valence-corrected chi connectivity index (χ0v) is 13.2. The number of benzene rings is 1. The van der Waals surface area contributed by atoms with E-state index in [9.17, 15) is 18.5 Å². The minimum atomic E-state index is -3.74. The summed E-state index contributed by atoms with van der Waals surface area (Å²) in [4.78, 5) is 10.1. The SMILES string of the molecule is Cc1ccc([N+](=O)[O-])cc1S(=O)(=O)N[C@H]1CCCNC1.Cl. The van der Waals surface area contributed by atoms with Gasteiger partial charge < -0.3 is 5.32 Å². The Balaban J connectivity index is 0.00000220. The molecule has 2 N–H and O–H groups in total. The number of nitro groups is 1. The quantitative estimate of drug-likeness (QED) is 0.639. The monoisotopic (exact) mass is 335 g/mol. The maximum atomic E-state index is 12.3. The fourth-order valence-electron chi connectivity index (χ4n) is 2.23. The molecular weight excluding hydrogens is 318 g/mol. The van der Waals surface area contributed by atoms with Crippen LogP contribution in [0.2, 0.25) is 0 Å². The van der Waals surface area contributed by atoms with Crippen LogP contribution in [0.1, 0.15) is 18.4 Å². The molecule has 1 saturated heterocycles. The Morgan fingerprint density at radius 2 is 2.14 bits per heavy atom. The first kappa shape index (κ1) is 17.8. The lowest BCUT2D eigenvalue weighted by Gasteiger charge is -2.23. The zero-order chi connectivity index (χ0) is 14.8. The van der Waals surface area contributed by atoms with Crippen molar-refractivity contribution in [1.29, 1.82) is 0 Å². The number of non-ortho nitro benzene ring substituents is 1. The molecule has 0 aromatic heterocycles. The Bertz CT molecular complexity index is 615. The number of hydrogen-bond donors (Lipinski definition) is 2. The molecule has 0 amide bonds. The summed E-state index contributed by atoms with van der Waals surface area (Å²) in [5.74, 6) is 0. The van der Waals surface area contributed by atoms with Gasteiger partial charge in [0.25, 0.3) is 5.69 Å². The second kappa shape index (κ2) is 7.17. The predicted octanol–water partition coefficient (Wildman–Crippen LogP) is 1.36. The van der Waals surface area contributed by atoms with E-state index in [2.05, 4.69) is 10.0 Å². The minimum absolute atomic E-state index is 0. The van der Waals surface area contributed by atoms with E-state index in [0.29, 0.717) is 12.1 Å². The summed E-state index contributed by atoms with van der Waals surface area (Å²) < 4.78 is 27.3. The van der Waals surface area contributed by atoms with E-state index >= 15 is 0 Å². The van der Waals surface area contributed by atoms with Crippen LogP contribution in [0.25, 0.3) is 0 Å². The lowest BCUT2D eigenvalue weighted by molar-refractivity contribution is -0.385. The van der Waals surface area contributed by atoms with E-state index in [1.165, 1.54) is 12.1 Å². The normalized spacial score (nSPS) is 18.8. The number of aryl methyl sites for hydroxylation is 1. The standard InChI is InChI=1S/C12H17N3O4S.ClH/c1-9-4-5-11(15(16)17)7-12(9)20(18,19)14-10-3-2-6-13-8-10;/h4-5,7,10,13-14H,2-3,6,8H2,1H3;1H/t10-;/m0./s1. The largest absolute Gasteiger partial charge is 0.315 e. The molecule has 21 heavy (non-hydrogen) atoms. The maximum absolute atomic E-state index is 12.3. The van der Waals surface area contributed by atoms with Gasteiger partial charge in [-0.05, 0) is 31.9 Å². The molecule has 1 aliphatic heterocycles. The van der Waals surface area contributed by atoms with Crippen molar-refractivity contribution < 1.29 is 13.3 Å². The van der Waals surface area contributed by atoms with Gasteiger partial charge in [-0.25, -0.2) is 13.1 Å². The highest BCUT2D eigenvalue weighted by atomic mass is 35.5. The Hall–Kier alpha value is -1.22. The molecule has 1 aromatic carbocycles. The zero-order valence-electron chi connectivity index (χ0n) is 11.5. The third kappa shape index (κ3) is 4.37. The fourth-order valence-corrected chi connectivity index (χ4v) is 3.76. The molecule has 9 heteroatoms. The number of halogens is 1. The highest BCUT2D eigenvalue weighted by Crippen LogP contribution is 2.22. The van der Waals surface area contributed by atoms with Crippen molar-refractivity contribution in [3.05, 3.63) is 33.9 Å². The molecule has 0 aliphatic carbocycles. The van der Waals surface area contributed by atoms with Gasteiger partial charge in [-0.3, -0.25) is 10.1 Å². The number of nitrogens with zero attached hydrogens (tertiary/aromatic N) is 1. The lowest BCUT2D eigenvalue weighted by Crippen LogP contribution is -2.45. The van der Waals surface area contributed by atoms with Crippen LogP contribution in [0, 0.1) is 17.0 Å². The van der Waals surface area contributed by atoms with Crippen molar-refractivity contribution in [1.82, 2.24) is 10.0 Å². The van der Waals surface area contributed by atoms with Crippen LogP contribution in [0.15, 0.2) is 23.1 Å². The van der Waals surface area contributed by atoms with Crippen molar-refractivity contribution in [2.24, 2.45) is 0 Å². The van der Waals surface area contributed by atoms with E-state index in [0.717, 1.165) is 25.5 Å². The molecule has 0 bridgehead atoms. The lowest BCUT2D eigenvalue weighted by atomic mass is 10.1. The van der Waals surface area contributed by atoms with Crippen LogP contribution in [0.3, 0.4) is 0 Å². The topological polar surface area (TPSA) is 101 Å². The summed E-state index contributed by atoms with van der Waals surface area (Å²) in [6, 6.07) is 3.68. The van der Waals surface area contributed by atoms with Gasteiger partial charge in [0.15, 0.2) is 0 Å². The van der Waals surface area contributed by atoms with Crippen molar-refractivity contribution >= 4 is 28.1 Å². The Morgan fingerprint density at radius 1 is 1.43 bits per heavy atom. The molecule has 2 rings (SSSR count). The second-order valence-corrected chi connectivity index (χ2v) is 6.55. The van der Waals surface area contributed by atoms with E-state index in [1.807, 2.05) is 0 Å². The van der Waals surface area contributed by atoms with Crippen molar-refractivity contribution in [2.75, 3.05) is 13.1 Å². The van der Waals surface area contributed by atoms with Crippen LogP contribution >= 0.6 is 12.4 Å². The number of rotatable bonds is 4. The minimum Gasteiger partial charge on any atom is -0.315 e. The second-order valence-electron chi connectivity index (χ2n) is 4.87. The summed E-state index contributed by atoms with van der Waals surface area (Å²) in [5, 5.41) is 13.9. The van der Waals surface area contributed by atoms with Crippen molar-refractivity contribution in [3.63, 3.8) is 0 Å². The molecule has 1 atom stereocenters. The van der Waals surface area contributed by atoms with Gasteiger partial charge in [-0.15, -0.1) is 12.4 Å². The van der Waals surface area contributed by atoms with Gasteiger partial charge >= 0.3 is 0 Å². The van der Waals surface area contributed by atoms with Crippen LogP contribution < -0.4 is 10.0 Å². The number of piperidine rings is 1. The summed E-state index contributed by atoms with van der Waals surface area (Å²) in [6.45, 7) is 3.08. The molecule has 0 unspecified atom stereocenters. The van der Waals surface area contributed by atoms with Gasteiger partial charge in [0.2, 0.25) is 10.0 Å². The molecule has 1 aromatic rings. The number of nitrogens with one attached hydrogen (secondary N) is 2.